The van der Waals surface area contributed by atoms with Gasteiger partial charge in [0.2, 0.25) is 0 Å². The summed E-state index contributed by atoms with van der Waals surface area (Å²) < 4.78 is 0. The summed E-state index contributed by atoms with van der Waals surface area (Å²) in [4.78, 5) is 11.2. The van der Waals surface area contributed by atoms with E-state index in [9.17, 15) is 4.79 Å². The Morgan fingerprint density at radius 1 is 1.27 bits per heavy atom. The summed E-state index contributed by atoms with van der Waals surface area (Å²) in [6, 6.07) is 9.56. The second kappa shape index (κ2) is 5.80. The number of anilines is 1. The van der Waals surface area contributed by atoms with Crippen LogP contribution in [0.2, 0.25) is 0 Å². The first kappa shape index (κ1) is 11.2. The Kier molecular flexibility index (Phi) is 4.34. The second-order valence-electron chi connectivity index (χ2n) is 3.31. The summed E-state index contributed by atoms with van der Waals surface area (Å²) in [5.74, 6) is -0.153. The van der Waals surface area contributed by atoms with Crippen molar-refractivity contribution >= 4 is 17.3 Å². The summed E-state index contributed by atoms with van der Waals surface area (Å²) in [6.07, 6.45) is 0. The van der Waals surface area contributed by atoms with Gasteiger partial charge in [-0.05, 0) is 26.0 Å². The van der Waals surface area contributed by atoms with E-state index in [2.05, 4.69) is 15.8 Å². The first-order valence-electron chi connectivity index (χ1n) is 4.77. The van der Waals surface area contributed by atoms with Crippen LogP contribution in [0.4, 0.5) is 5.69 Å². The van der Waals surface area contributed by atoms with Crippen molar-refractivity contribution in [3.8, 4) is 0 Å². The van der Waals surface area contributed by atoms with Gasteiger partial charge < -0.3 is 5.32 Å². The molecule has 15 heavy (non-hydrogen) atoms. The SMILES string of the molecule is CC(C)=NNC(=O)CNc1ccccc1. The van der Waals surface area contributed by atoms with Gasteiger partial charge in [-0.1, -0.05) is 18.2 Å². The van der Waals surface area contributed by atoms with Crippen molar-refractivity contribution < 1.29 is 4.79 Å². The van der Waals surface area contributed by atoms with Gasteiger partial charge in [0.1, 0.15) is 0 Å². The standard InChI is InChI=1S/C11H15N3O/c1-9(2)13-14-11(15)8-12-10-6-4-3-5-7-10/h3-7,12H,8H2,1-2H3,(H,14,15). The number of benzene rings is 1. The highest BCUT2D eigenvalue weighted by atomic mass is 16.2. The van der Waals surface area contributed by atoms with Gasteiger partial charge in [0.05, 0.1) is 6.54 Å². The van der Waals surface area contributed by atoms with Gasteiger partial charge in [0, 0.05) is 11.4 Å². The van der Waals surface area contributed by atoms with E-state index in [1.807, 2.05) is 44.2 Å². The summed E-state index contributed by atoms with van der Waals surface area (Å²) >= 11 is 0. The highest BCUT2D eigenvalue weighted by Gasteiger charge is 1.98. The number of hydrogen-bond donors (Lipinski definition) is 2. The fourth-order valence-corrected chi connectivity index (χ4v) is 0.952. The van der Waals surface area contributed by atoms with Crippen LogP contribution in [0, 0.1) is 0 Å². The molecule has 0 aliphatic heterocycles. The zero-order valence-corrected chi connectivity index (χ0v) is 8.95. The fraction of sp³-hybridized carbons (Fsp3) is 0.273. The van der Waals surface area contributed by atoms with Crippen LogP contribution in [0.3, 0.4) is 0 Å². The van der Waals surface area contributed by atoms with Crippen LogP contribution in [0.25, 0.3) is 0 Å². The van der Waals surface area contributed by atoms with E-state index in [0.29, 0.717) is 0 Å². The van der Waals surface area contributed by atoms with Crippen molar-refractivity contribution in [1.29, 1.82) is 0 Å². The Bertz CT molecular complexity index is 342. The lowest BCUT2D eigenvalue weighted by Crippen LogP contribution is -2.26. The molecule has 0 saturated heterocycles. The Morgan fingerprint density at radius 3 is 2.53 bits per heavy atom. The number of nitrogens with one attached hydrogen (secondary N) is 2. The first-order chi connectivity index (χ1) is 7.18. The topological polar surface area (TPSA) is 53.5 Å². The number of nitrogens with zero attached hydrogens (tertiary/aromatic N) is 1. The van der Waals surface area contributed by atoms with Gasteiger partial charge in [-0.15, -0.1) is 0 Å². The van der Waals surface area contributed by atoms with Gasteiger partial charge in [-0.25, -0.2) is 5.43 Å². The minimum Gasteiger partial charge on any atom is -0.376 e. The molecular formula is C11H15N3O. The lowest BCUT2D eigenvalue weighted by atomic mass is 10.3. The molecule has 1 aromatic rings. The van der Waals surface area contributed by atoms with Crippen molar-refractivity contribution in [2.75, 3.05) is 11.9 Å². The molecule has 2 N–H and O–H groups in total. The van der Waals surface area contributed by atoms with Gasteiger partial charge in [0.25, 0.3) is 5.91 Å². The number of carbonyl (C=O) groups excluding carboxylic acids is 1. The smallest absolute Gasteiger partial charge is 0.259 e. The highest BCUT2D eigenvalue weighted by Crippen LogP contribution is 2.03. The Labute approximate surface area is 89.4 Å². The minimum atomic E-state index is -0.153. The number of hydrazone groups is 1. The maximum Gasteiger partial charge on any atom is 0.259 e. The quantitative estimate of drug-likeness (QED) is 0.579. The zero-order valence-electron chi connectivity index (χ0n) is 8.95. The van der Waals surface area contributed by atoms with E-state index in [4.69, 9.17) is 0 Å². The second-order valence-corrected chi connectivity index (χ2v) is 3.31. The Balaban J connectivity index is 2.32. The van der Waals surface area contributed by atoms with Gasteiger partial charge in [-0.3, -0.25) is 4.79 Å². The van der Waals surface area contributed by atoms with E-state index in [1.54, 1.807) is 0 Å². The van der Waals surface area contributed by atoms with Gasteiger partial charge >= 0.3 is 0 Å². The van der Waals surface area contributed by atoms with Crippen molar-refractivity contribution in [3.63, 3.8) is 0 Å². The minimum absolute atomic E-state index is 0.153. The van der Waals surface area contributed by atoms with E-state index < -0.39 is 0 Å². The molecule has 4 nitrogen and oxygen atoms in total. The maximum atomic E-state index is 11.2. The van der Waals surface area contributed by atoms with Crippen LogP contribution in [0.5, 0.6) is 0 Å². The molecule has 0 fully saturated rings. The Hall–Kier alpha value is -1.84. The molecular weight excluding hydrogens is 190 g/mol. The molecule has 0 heterocycles. The third-order valence-electron chi connectivity index (χ3n) is 1.63. The molecule has 0 aromatic heterocycles. The van der Waals surface area contributed by atoms with Crippen LogP contribution in [0.1, 0.15) is 13.8 Å². The molecule has 0 spiro atoms. The van der Waals surface area contributed by atoms with Gasteiger partial charge in [0.15, 0.2) is 0 Å². The summed E-state index contributed by atoms with van der Waals surface area (Å²) in [7, 11) is 0. The molecule has 0 aliphatic carbocycles. The lowest BCUT2D eigenvalue weighted by Gasteiger charge is -2.04. The lowest BCUT2D eigenvalue weighted by molar-refractivity contribution is -0.119. The molecule has 0 atom stereocenters. The molecule has 80 valence electrons. The van der Waals surface area contributed by atoms with E-state index >= 15 is 0 Å². The van der Waals surface area contributed by atoms with Gasteiger partial charge in [-0.2, -0.15) is 5.10 Å². The molecule has 4 heteroatoms. The molecule has 1 aromatic carbocycles. The van der Waals surface area contributed by atoms with Crippen LogP contribution in [0.15, 0.2) is 35.4 Å². The summed E-state index contributed by atoms with van der Waals surface area (Å²) in [5.41, 5.74) is 4.18. The average Bonchev–Trinajstić information content (AvgIpc) is 2.25. The molecule has 1 amide bonds. The van der Waals surface area contributed by atoms with E-state index in [1.165, 1.54) is 0 Å². The van der Waals surface area contributed by atoms with Crippen molar-refractivity contribution in [1.82, 2.24) is 5.43 Å². The highest BCUT2D eigenvalue weighted by molar-refractivity contribution is 5.84. The monoisotopic (exact) mass is 205 g/mol. The largest absolute Gasteiger partial charge is 0.376 e. The summed E-state index contributed by atoms with van der Waals surface area (Å²) in [6.45, 7) is 3.87. The summed E-state index contributed by atoms with van der Waals surface area (Å²) in [5, 5.41) is 6.80. The molecule has 1 rings (SSSR count). The third-order valence-corrected chi connectivity index (χ3v) is 1.63. The van der Waals surface area contributed by atoms with E-state index in [0.717, 1.165) is 11.4 Å². The van der Waals surface area contributed by atoms with Crippen LogP contribution in [-0.4, -0.2) is 18.2 Å². The molecule has 0 radical (unpaired) electrons. The predicted octanol–water partition coefficient (Wildman–Crippen LogP) is 1.61. The Morgan fingerprint density at radius 2 is 1.93 bits per heavy atom. The fourth-order valence-electron chi connectivity index (χ4n) is 0.952. The molecule has 0 unspecified atom stereocenters. The molecule has 0 bridgehead atoms. The van der Waals surface area contributed by atoms with Crippen molar-refractivity contribution in [2.24, 2.45) is 5.10 Å². The predicted molar refractivity (Wildman–Crippen MR) is 61.9 cm³/mol. The first-order valence-corrected chi connectivity index (χ1v) is 4.77. The molecule has 0 saturated carbocycles. The number of carbonyl (C=O) groups is 1. The normalized spacial score (nSPS) is 9.20. The van der Waals surface area contributed by atoms with Crippen LogP contribution < -0.4 is 10.7 Å². The average molecular weight is 205 g/mol. The number of para-hydroxylation sites is 1. The number of amides is 1. The van der Waals surface area contributed by atoms with E-state index in [-0.39, 0.29) is 12.5 Å². The number of hydrogen-bond acceptors (Lipinski definition) is 3. The number of rotatable bonds is 4. The third kappa shape index (κ3) is 4.81. The maximum absolute atomic E-state index is 11.2. The van der Waals surface area contributed by atoms with Crippen molar-refractivity contribution in [2.45, 2.75) is 13.8 Å². The van der Waals surface area contributed by atoms with Crippen LogP contribution in [-0.2, 0) is 4.79 Å². The van der Waals surface area contributed by atoms with Crippen LogP contribution >= 0.6 is 0 Å². The van der Waals surface area contributed by atoms with Crippen molar-refractivity contribution in [3.05, 3.63) is 30.3 Å². The zero-order chi connectivity index (χ0) is 11.1. The molecule has 0 aliphatic rings.